The predicted octanol–water partition coefficient (Wildman–Crippen LogP) is 4.07. The molecule has 0 aliphatic carbocycles. The van der Waals surface area contributed by atoms with E-state index in [1.54, 1.807) is 16.8 Å². The molecular weight excluding hydrogens is 320 g/mol. The Kier molecular flexibility index (Phi) is 3.59. The number of thiazole rings is 1. The van der Waals surface area contributed by atoms with Gasteiger partial charge in [-0.05, 0) is 19.1 Å². The van der Waals surface area contributed by atoms with Crippen molar-refractivity contribution in [3.05, 3.63) is 65.8 Å². The van der Waals surface area contributed by atoms with Crippen molar-refractivity contribution in [1.29, 1.82) is 0 Å². The normalized spacial score (nSPS) is 10.9. The van der Waals surface area contributed by atoms with Gasteiger partial charge in [0.1, 0.15) is 11.6 Å². The van der Waals surface area contributed by atoms with Crippen LogP contribution in [-0.4, -0.2) is 24.9 Å². The second kappa shape index (κ2) is 5.90. The van der Waals surface area contributed by atoms with Crippen LogP contribution in [-0.2, 0) is 0 Å². The molecule has 0 saturated carbocycles. The van der Waals surface area contributed by atoms with Crippen molar-refractivity contribution in [2.75, 3.05) is 0 Å². The maximum Gasteiger partial charge on any atom is 0.212 e. The fraction of sp³-hybridized carbons (Fsp3) is 0.0556. The van der Waals surface area contributed by atoms with E-state index in [2.05, 4.69) is 15.1 Å². The fourth-order valence-corrected chi connectivity index (χ4v) is 3.27. The smallest absolute Gasteiger partial charge is 0.212 e. The molecule has 6 heteroatoms. The van der Waals surface area contributed by atoms with Crippen LogP contribution in [0.15, 0.2) is 60.0 Å². The van der Waals surface area contributed by atoms with E-state index in [0.717, 1.165) is 11.3 Å². The zero-order valence-corrected chi connectivity index (χ0v) is 13.7. The van der Waals surface area contributed by atoms with Crippen molar-refractivity contribution in [1.82, 2.24) is 19.7 Å². The Bertz CT molecular complexity index is 991. The van der Waals surface area contributed by atoms with Gasteiger partial charge < -0.3 is 5.11 Å². The highest BCUT2D eigenvalue weighted by molar-refractivity contribution is 7.12. The van der Waals surface area contributed by atoms with E-state index in [1.165, 1.54) is 11.3 Å². The number of nitrogens with zero attached hydrogens (tertiary/aromatic N) is 4. The van der Waals surface area contributed by atoms with Crippen molar-refractivity contribution in [2.45, 2.75) is 6.92 Å². The third-order valence-corrected chi connectivity index (χ3v) is 4.42. The second-order valence-corrected chi connectivity index (χ2v) is 6.13. The first-order valence-corrected chi connectivity index (χ1v) is 8.34. The van der Waals surface area contributed by atoms with Gasteiger partial charge >= 0.3 is 0 Å². The molecule has 24 heavy (non-hydrogen) atoms. The molecule has 118 valence electrons. The van der Waals surface area contributed by atoms with Crippen molar-refractivity contribution in [3.8, 4) is 33.5 Å². The summed E-state index contributed by atoms with van der Waals surface area (Å²) in [5, 5.41) is 17.3. The van der Waals surface area contributed by atoms with E-state index in [9.17, 15) is 5.11 Å². The largest absolute Gasteiger partial charge is 0.507 e. The van der Waals surface area contributed by atoms with Gasteiger partial charge in [-0.3, -0.25) is 0 Å². The number of hydrogen-bond donors (Lipinski definition) is 1. The maximum absolute atomic E-state index is 10.1. The Balaban J connectivity index is 1.81. The number of para-hydroxylation sites is 1. The van der Waals surface area contributed by atoms with Crippen LogP contribution >= 0.6 is 11.3 Å². The molecule has 2 aromatic heterocycles. The molecular formula is C18H14N4OS. The third-order valence-electron chi connectivity index (χ3n) is 3.60. The molecule has 0 radical (unpaired) electrons. The van der Waals surface area contributed by atoms with Crippen molar-refractivity contribution >= 4 is 11.3 Å². The molecule has 1 N–H and O–H groups in total. The van der Waals surface area contributed by atoms with Gasteiger partial charge in [-0.1, -0.05) is 42.5 Å². The Morgan fingerprint density at radius 2 is 1.71 bits per heavy atom. The van der Waals surface area contributed by atoms with Gasteiger partial charge in [-0.25, -0.2) is 9.97 Å². The number of aromatic hydroxyl groups is 1. The molecule has 0 atom stereocenters. The van der Waals surface area contributed by atoms with Crippen LogP contribution in [0.5, 0.6) is 5.75 Å². The Morgan fingerprint density at radius 1 is 0.958 bits per heavy atom. The highest BCUT2D eigenvalue weighted by atomic mass is 32.1. The summed E-state index contributed by atoms with van der Waals surface area (Å²) < 4.78 is 1.68. The van der Waals surface area contributed by atoms with Gasteiger partial charge in [0.2, 0.25) is 5.13 Å². The lowest BCUT2D eigenvalue weighted by Crippen LogP contribution is -1.99. The number of benzene rings is 2. The summed E-state index contributed by atoms with van der Waals surface area (Å²) in [4.78, 5) is 9.14. The first-order chi connectivity index (χ1) is 11.7. The molecule has 0 fully saturated rings. The predicted molar refractivity (Wildman–Crippen MR) is 94.3 cm³/mol. The molecule has 0 spiro atoms. The lowest BCUT2D eigenvalue weighted by Gasteiger charge is -2.04. The minimum atomic E-state index is 0.172. The molecule has 0 aliphatic rings. The van der Waals surface area contributed by atoms with Crippen LogP contribution in [0, 0.1) is 6.92 Å². The average Bonchev–Trinajstić information content (AvgIpc) is 3.23. The summed E-state index contributed by atoms with van der Waals surface area (Å²) in [6.07, 6.45) is 0. The first kappa shape index (κ1) is 14.6. The van der Waals surface area contributed by atoms with Crippen LogP contribution in [0.2, 0.25) is 0 Å². The highest BCUT2D eigenvalue weighted by Gasteiger charge is 2.17. The fourth-order valence-electron chi connectivity index (χ4n) is 2.49. The van der Waals surface area contributed by atoms with E-state index in [1.807, 2.05) is 54.8 Å². The van der Waals surface area contributed by atoms with Gasteiger partial charge in [0.15, 0.2) is 5.82 Å². The zero-order valence-electron chi connectivity index (χ0n) is 12.9. The Hall–Kier alpha value is -2.99. The molecule has 4 rings (SSSR count). The van der Waals surface area contributed by atoms with E-state index in [4.69, 9.17) is 0 Å². The van der Waals surface area contributed by atoms with Crippen LogP contribution in [0.3, 0.4) is 0 Å². The minimum absolute atomic E-state index is 0.172. The van der Waals surface area contributed by atoms with Gasteiger partial charge in [0, 0.05) is 10.9 Å². The summed E-state index contributed by atoms with van der Waals surface area (Å²) in [6, 6.07) is 17.1. The number of phenolic OH excluding ortho intramolecular Hbond substituents is 1. The zero-order chi connectivity index (χ0) is 16.5. The van der Waals surface area contributed by atoms with Crippen molar-refractivity contribution in [3.63, 3.8) is 0 Å². The summed E-state index contributed by atoms with van der Waals surface area (Å²) in [5.41, 5.74) is 2.59. The highest BCUT2D eigenvalue weighted by Crippen LogP contribution is 2.31. The molecule has 4 aromatic rings. The van der Waals surface area contributed by atoms with E-state index in [-0.39, 0.29) is 5.75 Å². The standard InChI is InChI=1S/C18H14N4OS/c1-12-19-17(14-9-5-6-10-16(14)23)22(21-12)18-20-15(11-24-18)13-7-3-2-4-8-13/h2-11,23H,1H3. The molecule has 2 heterocycles. The van der Waals surface area contributed by atoms with Crippen LogP contribution in [0.1, 0.15) is 5.82 Å². The van der Waals surface area contributed by atoms with Crippen LogP contribution < -0.4 is 0 Å². The first-order valence-electron chi connectivity index (χ1n) is 7.46. The second-order valence-electron chi connectivity index (χ2n) is 5.29. The third kappa shape index (κ3) is 2.57. The molecule has 0 bridgehead atoms. The molecule has 5 nitrogen and oxygen atoms in total. The number of phenols is 1. The van der Waals surface area contributed by atoms with E-state index in [0.29, 0.717) is 22.3 Å². The lowest BCUT2D eigenvalue weighted by atomic mass is 10.2. The summed E-state index contributed by atoms with van der Waals surface area (Å²) in [6.45, 7) is 1.83. The summed E-state index contributed by atoms with van der Waals surface area (Å²) in [5.74, 6) is 1.38. The number of aryl methyl sites for hydroxylation is 1. The maximum atomic E-state index is 10.1. The molecule has 0 aliphatic heterocycles. The monoisotopic (exact) mass is 334 g/mol. The van der Waals surface area contributed by atoms with E-state index < -0.39 is 0 Å². The summed E-state index contributed by atoms with van der Waals surface area (Å²) >= 11 is 1.49. The Morgan fingerprint density at radius 3 is 2.50 bits per heavy atom. The van der Waals surface area contributed by atoms with Gasteiger partial charge in [0.25, 0.3) is 0 Å². The molecule has 0 unspecified atom stereocenters. The number of rotatable bonds is 3. The van der Waals surface area contributed by atoms with Gasteiger partial charge in [-0.2, -0.15) is 4.68 Å². The van der Waals surface area contributed by atoms with Crippen molar-refractivity contribution < 1.29 is 5.11 Å². The van der Waals surface area contributed by atoms with E-state index >= 15 is 0 Å². The van der Waals surface area contributed by atoms with Gasteiger partial charge in [0.05, 0.1) is 11.3 Å². The topological polar surface area (TPSA) is 63.8 Å². The number of hydrogen-bond acceptors (Lipinski definition) is 5. The molecule has 2 aromatic carbocycles. The average molecular weight is 334 g/mol. The van der Waals surface area contributed by atoms with Crippen LogP contribution in [0.25, 0.3) is 27.8 Å². The lowest BCUT2D eigenvalue weighted by molar-refractivity contribution is 0.476. The SMILES string of the molecule is Cc1nc(-c2ccccc2O)n(-c2nc(-c3ccccc3)cs2)n1. The Labute approximate surface area is 142 Å². The molecule has 0 amide bonds. The van der Waals surface area contributed by atoms with Gasteiger partial charge in [-0.15, -0.1) is 16.4 Å². The van der Waals surface area contributed by atoms with Crippen molar-refractivity contribution in [2.24, 2.45) is 0 Å². The van der Waals surface area contributed by atoms with Crippen LogP contribution in [0.4, 0.5) is 0 Å². The summed E-state index contributed by atoms with van der Waals surface area (Å²) in [7, 11) is 0. The quantitative estimate of drug-likeness (QED) is 0.613. The molecule has 0 saturated heterocycles. The number of aromatic nitrogens is 4. The minimum Gasteiger partial charge on any atom is -0.507 e.